The Morgan fingerprint density at radius 3 is 2.35 bits per heavy atom. The summed E-state index contributed by atoms with van der Waals surface area (Å²) in [6.07, 6.45) is 1.55. The third-order valence-electron chi connectivity index (χ3n) is 4.64. The Hall–Kier alpha value is -3.37. The number of carboxylic acids is 1. The van der Waals surface area contributed by atoms with E-state index in [0.29, 0.717) is 6.07 Å². The fourth-order valence-corrected chi connectivity index (χ4v) is 3.33. The van der Waals surface area contributed by atoms with Crippen LogP contribution in [0.15, 0.2) is 24.5 Å². The van der Waals surface area contributed by atoms with E-state index in [1.165, 1.54) is 6.20 Å². The standard InChI is InChI=1S/C20H21F3N4O4/c1-20(2,3)31-19(30)26-16-9-27(17-7-24-15(6-25-17)18(28)29)8-11(16)10-4-13(22)14(23)5-12(10)21/h4-7,11,16H,8-9H2,1-3H3,(H,26,30)(H,28,29)/t11-,16+/m1/s1. The molecule has 8 nitrogen and oxygen atoms in total. The molecule has 3 rings (SSSR count). The van der Waals surface area contributed by atoms with Gasteiger partial charge in [0.25, 0.3) is 0 Å². The summed E-state index contributed by atoms with van der Waals surface area (Å²) in [6, 6.07) is 0.497. The molecule has 2 heterocycles. The molecule has 31 heavy (non-hydrogen) atoms. The van der Waals surface area contributed by atoms with Gasteiger partial charge in [0, 0.05) is 25.1 Å². The molecule has 0 saturated carbocycles. The fourth-order valence-electron chi connectivity index (χ4n) is 3.33. The summed E-state index contributed by atoms with van der Waals surface area (Å²) in [6.45, 7) is 5.26. The summed E-state index contributed by atoms with van der Waals surface area (Å²) >= 11 is 0. The molecule has 2 N–H and O–H groups in total. The summed E-state index contributed by atoms with van der Waals surface area (Å²) in [5.41, 5.74) is -1.14. The van der Waals surface area contributed by atoms with Gasteiger partial charge in [0.15, 0.2) is 17.3 Å². The van der Waals surface area contributed by atoms with Crippen molar-refractivity contribution in [2.24, 2.45) is 0 Å². The Kier molecular flexibility index (Phi) is 6.05. The molecule has 1 saturated heterocycles. The highest BCUT2D eigenvalue weighted by molar-refractivity contribution is 5.84. The van der Waals surface area contributed by atoms with Crippen molar-refractivity contribution in [3.8, 4) is 0 Å². The molecule has 1 fully saturated rings. The highest BCUT2D eigenvalue weighted by atomic mass is 19.2. The van der Waals surface area contributed by atoms with Crippen LogP contribution in [0.5, 0.6) is 0 Å². The van der Waals surface area contributed by atoms with E-state index in [0.717, 1.165) is 12.3 Å². The van der Waals surface area contributed by atoms with Crippen molar-refractivity contribution >= 4 is 17.9 Å². The lowest BCUT2D eigenvalue weighted by atomic mass is 9.93. The molecule has 166 valence electrons. The first-order valence-corrected chi connectivity index (χ1v) is 9.39. The minimum atomic E-state index is -1.32. The van der Waals surface area contributed by atoms with E-state index in [1.54, 1.807) is 25.7 Å². The fraction of sp³-hybridized carbons (Fsp3) is 0.400. The molecule has 2 atom stereocenters. The first kappa shape index (κ1) is 22.3. The molecule has 1 aliphatic heterocycles. The lowest BCUT2D eigenvalue weighted by Crippen LogP contribution is -2.43. The van der Waals surface area contributed by atoms with Crippen LogP contribution >= 0.6 is 0 Å². The largest absolute Gasteiger partial charge is 0.476 e. The van der Waals surface area contributed by atoms with E-state index in [2.05, 4.69) is 15.3 Å². The van der Waals surface area contributed by atoms with E-state index >= 15 is 0 Å². The van der Waals surface area contributed by atoms with Gasteiger partial charge in [-0.2, -0.15) is 0 Å². The molecule has 0 spiro atoms. The number of carboxylic acid groups (broad SMARTS) is 1. The average Bonchev–Trinajstić information content (AvgIpc) is 3.06. The maximum Gasteiger partial charge on any atom is 0.407 e. The van der Waals surface area contributed by atoms with Crippen LogP contribution in [0, 0.1) is 17.5 Å². The van der Waals surface area contributed by atoms with Crippen LogP contribution < -0.4 is 10.2 Å². The number of hydrogen-bond acceptors (Lipinski definition) is 6. The highest BCUT2D eigenvalue weighted by Gasteiger charge is 2.38. The van der Waals surface area contributed by atoms with Crippen molar-refractivity contribution in [3.63, 3.8) is 0 Å². The Bertz CT molecular complexity index is 995. The minimum Gasteiger partial charge on any atom is -0.476 e. The number of alkyl carbamates (subject to hydrolysis) is 1. The molecule has 0 aliphatic carbocycles. The second-order valence-corrected chi connectivity index (χ2v) is 8.12. The Morgan fingerprint density at radius 1 is 1.10 bits per heavy atom. The quantitative estimate of drug-likeness (QED) is 0.707. The zero-order chi connectivity index (χ0) is 22.9. The molecule has 1 amide bonds. The van der Waals surface area contributed by atoms with Gasteiger partial charge in [-0.3, -0.25) is 0 Å². The number of rotatable bonds is 4. The smallest absolute Gasteiger partial charge is 0.407 e. The van der Waals surface area contributed by atoms with Crippen molar-refractivity contribution < 1.29 is 32.6 Å². The predicted octanol–water partition coefficient (Wildman–Crippen LogP) is 3.09. The van der Waals surface area contributed by atoms with Crippen molar-refractivity contribution in [1.82, 2.24) is 15.3 Å². The van der Waals surface area contributed by atoms with Crippen LogP contribution in [0.3, 0.4) is 0 Å². The van der Waals surface area contributed by atoms with E-state index in [1.807, 2.05) is 0 Å². The monoisotopic (exact) mass is 438 g/mol. The number of nitrogens with zero attached hydrogens (tertiary/aromatic N) is 3. The molecule has 1 aliphatic rings. The van der Waals surface area contributed by atoms with Gasteiger partial charge in [-0.15, -0.1) is 0 Å². The normalized spacial score (nSPS) is 18.7. The molecule has 0 unspecified atom stereocenters. The van der Waals surface area contributed by atoms with Gasteiger partial charge in [0.05, 0.1) is 18.4 Å². The van der Waals surface area contributed by atoms with Crippen LogP contribution in [-0.2, 0) is 4.74 Å². The van der Waals surface area contributed by atoms with Crippen LogP contribution in [0.1, 0.15) is 42.7 Å². The van der Waals surface area contributed by atoms with E-state index in [4.69, 9.17) is 9.84 Å². The van der Waals surface area contributed by atoms with Crippen LogP contribution in [0.4, 0.5) is 23.8 Å². The summed E-state index contributed by atoms with van der Waals surface area (Å²) < 4.78 is 46.9. The third-order valence-corrected chi connectivity index (χ3v) is 4.64. The van der Waals surface area contributed by atoms with Gasteiger partial charge in [-0.05, 0) is 32.4 Å². The van der Waals surface area contributed by atoms with Crippen molar-refractivity contribution in [2.75, 3.05) is 18.0 Å². The molecule has 1 aromatic carbocycles. The van der Waals surface area contributed by atoms with E-state index in [9.17, 15) is 22.8 Å². The number of carbonyl (C=O) groups excluding carboxylic acids is 1. The summed E-state index contributed by atoms with van der Waals surface area (Å²) in [5, 5.41) is 11.6. The Balaban J connectivity index is 1.90. The number of hydrogen-bond donors (Lipinski definition) is 2. The second-order valence-electron chi connectivity index (χ2n) is 8.12. The second kappa shape index (κ2) is 8.40. The number of nitrogens with one attached hydrogen (secondary N) is 1. The van der Waals surface area contributed by atoms with Gasteiger partial charge >= 0.3 is 12.1 Å². The first-order chi connectivity index (χ1) is 14.4. The lowest BCUT2D eigenvalue weighted by molar-refractivity contribution is 0.0504. The average molecular weight is 438 g/mol. The van der Waals surface area contributed by atoms with Crippen molar-refractivity contribution in [3.05, 3.63) is 53.2 Å². The predicted molar refractivity (Wildman–Crippen MR) is 103 cm³/mol. The van der Waals surface area contributed by atoms with Crippen LogP contribution in [-0.4, -0.2) is 51.9 Å². The number of benzene rings is 1. The molecular weight excluding hydrogens is 417 g/mol. The SMILES string of the molecule is CC(C)(C)OC(=O)N[C@H]1CN(c2cnc(C(=O)O)cn2)C[C@@H]1c1cc(F)c(F)cc1F. The lowest BCUT2D eigenvalue weighted by Gasteiger charge is -2.24. The van der Waals surface area contributed by atoms with E-state index in [-0.39, 0.29) is 30.2 Å². The van der Waals surface area contributed by atoms with Crippen LogP contribution in [0.25, 0.3) is 0 Å². The number of anilines is 1. The third kappa shape index (κ3) is 5.22. The Morgan fingerprint density at radius 2 is 1.77 bits per heavy atom. The van der Waals surface area contributed by atoms with Gasteiger partial charge in [-0.25, -0.2) is 32.7 Å². The molecule has 11 heteroatoms. The molecule has 1 aromatic heterocycles. The number of ether oxygens (including phenoxy) is 1. The van der Waals surface area contributed by atoms with Crippen molar-refractivity contribution in [2.45, 2.75) is 38.3 Å². The maximum absolute atomic E-state index is 14.5. The summed E-state index contributed by atoms with van der Waals surface area (Å²) in [4.78, 5) is 32.7. The van der Waals surface area contributed by atoms with Crippen LogP contribution in [0.2, 0.25) is 0 Å². The van der Waals surface area contributed by atoms with Gasteiger partial charge in [0.1, 0.15) is 17.2 Å². The molecule has 0 bridgehead atoms. The zero-order valence-electron chi connectivity index (χ0n) is 17.0. The molecule has 0 radical (unpaired) electrons. The topological polar surface area (TPSA) is 105 Å². The number of carbonyl (C=O) groups is 2. The maximum atomic E-state index is 14.5. The number of aromatic nitrogens is 2. The minimum absolute atomic E-state index is 0.0869. The van der Waals surface area contributed by atoms with E-state index < -0.39 is 47.1 Å². The first-order valence-electron chi connectivity index (χ1n) is 9.39. The number of halogens is 3. The Labute approximate surface area is 176 Å². The van der Waals surface area contributed by atoms with Gasteiger partial charge in [0.2, 0.25) is 0 Å². The number of amides is 1. The van der Waals surface area contributed by atoms with Gasteiger partial charge < -0.3 is 20.1 Å². The molecule has 2 aromatic rings. The molecular formula is C20H21F3N4O4. The highest BCUT2D eigenvalue weighted by Crippen LogP contribution is 2.33. The zero-order valence-corrected chi connectivity index (χ0v) is 17.0. The van der Waals surface area contributed by atoms with Gasteiger partial charge in [-0.1, -0.05) is 0 Å². The summed E-state index contributed by atoms with van der Waals surface area (Å²) in [5.74, 6) is -5.20. The number of aromatic carboxylic acids is 1. The summed E-state index contributed by atoms with van der Waals surface area (Å²) in [7, 11) is 0. The van der Waals surface area contributed by atoms with Crippen molar-refractivity contribution in [1.29, 1.82) is 0 Å².